The van der Waals surface area contributed by atoms with Crippen LogP contribution in [0.1, 0.15) is 5.56 Å². The van der Waals surface area contributed by atoms with Crippen molar-refractivity contribution in [2.45, 2.75) is 12.6 Å². The van der Waals surface area contributed by atoms with Gasteiger partial charge in [0.15, 0.2) is 9.84 Å². The number of rotatable bonds is 4. The molecule has 1 fully saturated rings. The second-order valence-electron chi connectivity index (χ2n) is 4.00. The van der Waals surface area contributed by atoms with Gasteiger partial charge in [0.05, 0.1) is 18.6 Å². The number of sulfone groups is 1. The molecule has 4 nitrogen and oxygen atoms in total. The number of methoxy groups -OCH3 is 1. The Balaban J connectivity index is 1.82. The molecule has 1 aromatic carbocycles. The summed E-state index contributed by atoms with van der Waals surface area (Å²) in [5.41, 5.74) is 1.13. The molecule has 0 unspecified atom stereocenters. The number of hydrogen-bond acceptors (Lipinski definition) is 4. The first-order valence-corrected chi connectivity index (χ1v) is 6.98. The Labute approximate surface area is 95.5 Å². The van der Waals surface area contributed by atoms with Crippen molar-refractivity contribution in [3.63, 3.8) is 0 Å². The van der Waals surface area contributed by atoms with E-state index in [0.717, 1.165) is 11.3 Å². The van der Waals surface area contributed by atoms with Crippen molar-refractivity contribution in [2.24, 2.45) is 0 Å². The van der Waals surface area contributed by atoms with Gasteiger partial charge < -0.3 is 10.1 Å². The standard InChI is InChI=1S/C11H15NO3S/c1-15-11-4-2-9(3-5-11)6-12-10-7-16(13,14)8-10/h2-5,10,12H,6-8H2,1H3. The lowest BCUT2D eigenvalue weighted by molar-refractivity contribution is 0.414. The van der Waals surface area contributed by atoms with Gasteiger partial charge in [-0.05, 0) is 17.7 Å². The van der Waals surface area contributed by atoms with Crippen molar-refractivity contribution in [2.75, 3.05) is 18.6 Å². The maximum atomic E-state index is 10.9. The summed E-state index contributed by atoms with van der Waals surface area (Å²) in [4.78, 5) is 0. The lowest BCUT2D eigenvalue weighted by Crippen LogP contribution is -2.50. The van der Waals surface area contributed by atoms with Crippen molar-refractivity contribution in [3.8, 4) is 5.75 Å². The van der Waals surface area contributed by atoms with Crippen LogP contribution in [0.25, 0.3) is 0 Å². The Morgan fingerprint density at radius 1 is 1.31 bits per heavy atom. The molecule has 0 bridgehead atoms. The smallest absolute Gasteiger partial charge is 0.153 e. The normalized spacial score (nSPS) is 19.1. The summed E-state index contributed by atoms with van der Waals surface area (Å²) >= 11 is 0. The highest BCUT2D eigenvalue weighted by atomic mass is 32.2. The molecule has 1 aromatic rings. The van der Waals surface area contributed by atoms with Crippen LogP contribution in [0.5, 0.6) is 5.75 Å². The van der Waals surface area contributed by atoms with Crippen LogP contribution >= 0.6 is 0 Å². The molecule has 0 spiro atoms. The maximum absolute atomic E-state index is 10.9. The zero-order valence-corrected chi connectivity index (χ0v) is 9.96. The van der Waals surface area contributed by atoms with Crippen LogP contribution in [0, 0.1) is 0 Å². The molecular weight excluding hydrogens is 226 g/mol. The predicted octanol–water partition coefficient (Wildman–Crippen LogP) is 0.582. The van der Waals surface area contributed by atoms with E-state index in [4.69, 9.17) is 4.74 Å². The zero-order chi connectivity index (χ0) is 11.6. The Hall–Kier alpha value is -1.07. The van der Waals surface area contributed by atoms with E-state index in [1.54, 1.807) is 7.11 Å². The van der Waals surface area contributed by atoms with E-state index in [-0.39, 0.29) is 17.5 Å². The monoisotopic (exact) mass is 241 g/mol. The first kappa shape index (κ1) is 11.4. The fourth-order valence-electron chi connectivity index (χ4n) is 1.69. The Morgan fingerprint density at radius 3 is 2.44 bits per heavy atom. The number of hydrogen-bond donors (Lipinski definition) is 1. The number of benzene rings is 1. The Kier molecular flexibility index (Phi) is 3.16. The van der Waals surface area contributed by atoms with Crippen molar-refractivity contribution in [1.82, 2.24) is 5.32 Å². The summed E-state index contributed by atoms with van der Waals surface area (Å²) in [6, 6.07) is 7.85. The molecule has 0 aromatic heterocycles. The molecule has 1 aliphatic rings. The van der Waals surface area contributed by atoms with Gasteiger partial charge in [-0.1, -0.05) is 12.1 Å². The van der Waals surface area contributed by atoms with E-state index >= 15 is 0 Å². The third kappa shape index (κ3) is 2.74. The average Bonchev–Trinajstić information content (AvgIpc) is 2.24. The third-order valence-electron chi connectivity index (χ3n) is 2.66. The highest BCUT2D eigenvalue weighted by Crippen LogP contribution is 2.13. The van der Waals surface area contributed by atoms with Crippen molar-refractivity contribution in [3.05, 3.63) is 29.8 Å². The third-order valence-corrected chi connectivity index (χ3v) is 4.48. The summed E-state index contributed by atoms with van der Waals surface area (Å²) in [5.74, 6) is 1.36. The van der Waals surface area contributed by atoms with Crippen LogP contribution < -0.4 is 10.1 Å². The van der Waals surface area contributed by atoms with Gasteiger partial charge in [0.2, 0.25) is 0 Å². The number of nitrogens with one attached hydrogen (secondary N) is 1. The van der Waals surface area contributed by atoms with Crippen LogP contribution in [-0.4, -0.2) is 33.1 Å². The Bertz CT molecular complexity index is 441. The van der Waals surface area contributed by atoms with E-state index in [1.807, 2.05) is 24.3 Å². The van der Waals surface area contributed by atoms with Crippen LogP contribution in [0.4, 0.5) is 0 Å². The highest BCUT2D eigenvalue weighted by molar-refractivity contribution is 7.92. The Morgan fingerprint density at radius 2 is 1.94 bits per heavy atom. The van der Waals surface area contributed by atoms with E-state index in [9.17, 15) is 8.42 Å². The highest BCUT2D eigenvalue weighted by Gasteiger charge is 2.32. The van der Waals surface area contributed by atoms with Gasteiger partial charge in [-0.3, -0.25) is 0 Å². The lowest BCUT2D eigenvalue weighted by atomic mass is 10.2. The molecule has 88 valence electrons. The second-order valence-corrected chi connectivity index (χ2v) is 6.16. The zero-order valence-electron chi connectivity index (χ0n) is 9.14. The van der Waals surface area contributed by atoms with Gasteiger partial charge in [-0.15, -0.1) is 0 Å². The molecule has 16 heavy (non-hydrogen) atoms. The minimum absolute atomic E-state index is 0.118. The fourth-order valence-corrected chi connectivity index (χ4v) is 3.05. The molecule has 1 aliphatic heterocycles. The van der Waals surface area contributed by atoms with Crippen LogP contribution in [0.3, 0.4) is 0 Å². The van der Waals surface area contributed by atoms with Gasteiger partial charge in [0.1, 0.15) is 5.75 Å². The minimum Gasteiger partial charge on any atom is -0.497 e. The van der Waals surface area contributed by atoms with Crippen molar-refractivity contribution in [1.29, 1.82) is 0 Å². The fraction of sp³-hybridized carbons (Fsp3) is 0.455. The maximum Gasteiger partial charge on any atom is 0.153 e. The minimum atomic E-state index is -2.73. The van der Waals surface area contributed by atoms with Crippen LogP contribution in [0.15, 0.2) is 24.3 Å². The second kappa shape index (κ2) is 4.43. The molecule has 1 saturated heterocycles. The van der Waals surface area contributed by atoms with Gasteiger partial charge in [0, 0.05) is 12.6 Å². The molecular formula is C11H15NO3S. The van der Waals surface area contributed by atoms with Gasteiger partial charge in [-0.25, -0.2) is 8.42 Å². The average molecular weight is 241 g/mol. The SMILES string of the molecule is COc1ccc(CNC2CS(=O)(=O)C2)cc1. The van der Waals surface area contributed by atoms with Gasteiger partial charge in [-0.2, -0.15) is 0 Å². The van der Waals surface area contributed by atoms with E-state index < -0.39 is 9.84 Å². The summed E-state index contributed by atoms with van der Waals surface area (Å²) in [5, 5.41) is 3.21. The van der Waals surface area contributed by atoms with E-state index in [2.05, 4.69) is 5.32 Å². The van der Waals surface area contributed by atoms with E-state index in [0.29, 0.717) is 6.54 Å². The summed E-state index contributed by atoms with van der Waals surface area (Å²) in [7, 11) is -1.10. The van der Waals surface area contributed by atoms with Crippen LogP contribution in [0.2, 0.25) is 0 Å². The molecule has 0 radical (unpaired) electrons. The van der Waals surface area contributed by atoms with Crippen molar-refractivity contribution >= 4 is 9.84 Å². The van der Waals surface area contributed by atoms with Gasteiger partial charge in [0.25, 0.3) is 0 Å². The van der Waals surface area contributed by atoms with Crippen molar-refractivity contribution < 1.29 is 13.2 Å². The molecule has 2 rings (SSSR count). The molecule has 0 saturated carbocycles. The largest absolute Gasteiger partial charge is 0.497 e. The molecule has 5 heteroatoms. The molecule has 0 atom stereocenters. The molecule has 1 heterocycles. The lowest BCUT2D eigenvalue weighted by Gasteiger charge is -2.26. The van der Waals surface area contributed by atoms with Crippen LogP contribution in [-0.2, 0) is 16.4 Å². The summed E-state index contributed by atoms with van der Waals surface area (Å²) in [6.45, 7) is 0.699. The summed E-state index contributed by atoms with van der Waals surface area (Å²) < 4.78 is 26.9. The molecule has 0 aliphatic carbocycles. The first-order valence-electron chi connectivity index (χ1n) is 5.16. The van der Waals surface area contributed by atoms with Gasteiger partial charge >= 0.3 is 0 Å². The topological polar surface area (TPSA) is 55.4 Å². The first-order chi connectivity index (χ1) is 7.59. The molecule has 0 amide bonds. The van der Waals surface area contributed by atoms with E-state index in [1.165, 1.54) is 0 Å². The quantitative estimate of drug-likeness (QED) is 0.838. The number of ether oxygens (including phenoxy) is 1. The molecule has 1 N–H and O–H groups in total. The predicted molar refractivity (Wildman–Crippen MR) is 62.3 cm³/mol. The summed E-state index contributed by atoms with van der Waals surface area (Å²) in [6.07, 6.45) is 0.